The van der Waals surface area contributed by atoms with Gasteiger partial charge in [0.15, 0.2) is 0 Å². The fourth-order valence-electron chi connectivity index (χ4n) is 1.26. The van der Waals surface area contributed by atoms with Crippen LogP contribution in [0, 0.1) is 0 Å². The Labute approximate surface area is 103 Å². The Morgan fingerprint density at radius 3 is 2.94 bits per heavy atom. The Balaban J connectivity index is 2.46. The molecule has 0 saturated heterocycles. The van der Waals surface area contributed by atoms with Gasteiger partial charge in [0.1, 0.15) is 5.82 Å². The normalized spacial score (nSPS) is 14.0. The molecule has 6 heteroatoms. The van der Waals surface area contributed by atoms with E-state index in [1.54, 1.807) is 18.4 Å². The molecule has 0 fully saturated rings. The van der Waals surface area contributed by atoms with E-state index in [1.807, 2.05) is 6.92 Å². The maximum Gasteiger partial charge on any atom is 0.255 e. The Bertz CT molecular complexity index is 423. The first-order chi connectivity index (χ1) is 8.02. The van der Waals surface area contributed by atoms with Gasteiger partial charge in [-0.1, -0.05) is 6.92 Å². The monoisotopic (exact) mass is 255 g/mol. The molecule has 2 unspecified atom stereocenters. The van der Waals surface area contributed by atoms with Crippen molar-refractivity contribution in [3.8, 4) is 0 Å². The number of nitrogens with two attached hydrogens (primary N) is 1. The minimum atomic E-state index is -0.862. The molecule has 3 N–H and O–H groups in total. The van der Waals surface area contributed by atoms with Gasteiger partial charge in [0.05, 0.1) is 5.56 Å². The molecular weight excluding hydrogens is 238 g/mol. The average molecular weight is 255 g/mol. The second kappa shape index (κ2) is 6.34. The minimum Gasteiger partial charge on any atom is -0.383 e. The summed E-state index contributed by atoms with van der Waals surface area (Å²) >= 11 is 0. The number of pyridine rings is 1. The van der Waals surface area contributed by atoms with Crippen molar-refractivity contribution in [2.75, 3.05) is 18.5 Å². The highest BCUT2D eigenvalue weighted by atomic mass is 32.2. The van der Waals surface area contributed by atoms with E-state index in [0.29, 0.717) is 18.5 Å². The van der Waals surface area contributed by atoms with Gasteiger partial charge in [-0.2, -0.15) is 0 Å². The number of nitrogens with zero attached hydrogens (tertiary/aromatic N) is 1. The third-order valence-corrected chi connectivity index (χ3v) is 3.86. The van der Waals surface area contributed by atoms with E-state index < -0.39 is 10.8 Å². The van der Waals surface area contributed by atoms with Gasteiger partial charge in [-0.25, -0.2) is 4.98 Å². The van der Waals surface area contributed by atoms with Gasteiger partial charge in [0, 0.05) is 35.0 Å². The number of carbonyl (C=O) groups is 1. The van der Waals surface area contributed by atoms with Crippen LogP contribution in [-0.2, 0) is 10.8 Å². The SMILES string of the molecule is CC(CCNC(=O)c1cccnc1N)S(C)=O. The molecule has 94 valence electrons. The highest BCUT2D eigenvalue weighted by Gasteiger charge is 2.10. The lowest BCUT2D eigenvalue weighted by molar-refractivity contribution is 0.0954. The van der Waals surface area contributed by atoms with Crippen molar-refractivity contribution >= 4 is 22.5 Å². The summed E-state index contributed by atoms with van der Waals surface area (Å²) in [7, 11) is -0.862. The summed E-state index contributed by atoms with van der Waals surface area (Å²) in [6.07, 6.45) is 3.87. The van der Waals surface area contributed by atoms with Gasteiger partial charge in [-0.05, 0) is 18.6 Å². The third-order valence-electron chi connectivity index (χ3n) is 2.49. The Morgan fingerprint density at radius 1 is 1.65 bits per heavy atom. The summed E-state index contributed by atoms with van der Waals surface area (Å²) in [5.41, 5.74) is 5.95. The number of amides is 1. The predicted octanol–water partition coefficient (Wildman–Crippen LogP) is 0.551. The molecule has 0 aliphatic heterocycles. The van der Waals surface area contributed by atoms with E-state index in [1.165, 1.54) is 6.20 Å². The van der Waals surface area contributed by atoms with E-state index in [2.05, 4.69) is 10.3 Å². The molecule has 1 amide bonds. The van der Waals surface area contributed by atoms with Gasteiger partial charge < -0.3 is 11.1 Å². The number of carbonyl (C=O) groups excluding carboxylic acids is 1. The Hall–Kier alpha value is -1.43. The largest absolute Gasteiger partial charge is 0.383 e. The minimum absolute atomic E-state index is 0.0709. The lowest BCUT2D eigenvalue weighted by atomic mass is 10.2. The number of nitrogens with one attached hydrogen (secondary N) is 1. The third kappa shape index (κ3) is 4.14. The smallest absolute Gasteiger partial charge is 0.255 e. The van der Waals surface area contributed by atoms with E-state index in [0.717, 1.165) is 0 Å². The van der Waals surface area contributed by atoms with Crippen molar-refractivity contribution in [1.29, 1.82) is 0 Å². The number of nitrogen functional groups attached to an aromatic ring is 1. The standard InChI is InChI=1S/C11H17N3O2S/c1-8(17(2)16)5-7-14-11(15)9-4-3-6-13-10(9)12/h3-4,6,8H,5,7H2,1-2H3,(H2,12,13)(H,14,15). The van der Waals surface area contributed by atoms with E-state index in [9.17, 15) is 9.00 Å². The van der Waals surface area contributed by atoms with Crippen LogP contribution in [0.4, 0.5) is 5.82 Å². The average Bonchev–Trinajstić information content (AvgIpc) is 2.29. The molecule has 17 heavy (non-hydrogen) atoms. The van der Waals surface area contributed by atoms with E-state index in [4.69, 9.17) is 5.73 Å². The van der Waals surface area contributed by atoms with Crippen molar-refractivity contribution in [2.45, 2.75) is 18.6 Å². The summed E-state index contributed by atoms with van der Waals surface area (Å²) in [5, 5.41) is 2.80. The van der Waals surface area contributed by atoms with Crippen LogP contribution in [0.25, 0.3) is 0 Å². The molecule has 1 rings (SSSR count). The molecule has 0 radical (unpaired) electrons. The fourth-order valence-corrected chi connectivity index (χ4v) is 1.71. The van der Waals surface area contributed by atoms with Gasteiger partial charge in [0.25, 0.3) is 5.91 Å². The van der Waals surface area contributed by atoms with Crippen molar-refractivity contribution in [3.63, 3.8) is 0 Å². The van der Waals surface area contributed by atoms with E-state index in [-0.39, 0.29) is 17.0 Å². The van der Waals surface area contributed by atoms with Crippen LogP contribution < -0.4 is 11.1 Å². The molecule has 2 atom stereocenters. The first-order valence-corrected chi connectivity index (χ1v) is 6.95. The summed E-state index contributed by atoms with van der Waals surface area (Å²) in [6, 6.07) is 3.29. The Morgan fingerprint density at radius 2 is 2.35 bits per heavy atom. The zero-order valence-corrected chi connectivity index (χ0v) is 10.8. The molecule has 1 aromatic heterocycles. The van der Waals surface area contributed by atoms with Crippen LogP contribution in [0.15, 0.2) is 18.3 Å². The Kier molecular flexibility index (Phi) is 5.09. The van der Waals surface area contributed by atoms with Crippen molar-refractivity contribution < 1.29 is 9.00 Å². The second-order valence-corrected chi connectivity index (χ2v) is 5.59. The summed E-state index contributed by atoms with van der Waals surface area (Å²) in [5.74, 6) is -0.0261. The maximum atomic E-state index is 11.7. The van der Waals surface area contributed by atoms with Gasteiger partial charge in [0.2, 0.25) is 0 Å². The van der Waals surface area contributed by atoms with Crippen molar-refractivity contribution in [2.24, 2.45) is 0 Å². The highest BCUT2D eigenvalue weighted by Crippen LogP contribution is 2.06. The molecule has 0 saturated carbocycles. The molecule has 0 aliphatic rings. The molecule has 1 heterocycles. The summed E-state index contributed by atoms with van der Waals surface area (Å²) < 4.78 is 11.1. The van der Waals surface area contributed by atoms with Crippen LogP contribution in [-0.4, -0.2) is 33.2 Å². The maximum absolute atomic E-state index is 11.7. The number of rotatable bonds is 5. The first-order valence-electron chi connectivity index (χ1n) is 5.33. The van der Waals surface area contributed by atoms with Crippen LogP contribution in [0.3, 0.4) is 0 Å². The number of hydrogen-bond donors (Lipinski definition) is 2. The fraction of sp³-hybridized carbons (Fsp3) is 0.455. The quantitative estimate of drug-likeness (QED) is 0.804. The van der Waals surface area contributed by atoms with Gasteiger partial charge >= 0.3 is 0 Å². The van der Waals surface area contributed by atoms with Crippen LogP contribution in [0.5, 0.6) is 0 Å². The number of aromatic nitrogens is 1. The van der Waals surface area contributed by atoms with Gasteiger partial charge in [-0.15, -0.1) is 0 Å². The van der Waals surface area contributed by atoms with Gasteiger partial charge in [-0.3, -0.25) is 9.00 Å². The molecule has 5 nitrogen and oxygen atoms in total. The molecular formula is C11H17N3O2S. The number of anilines is 1. The highest BCUT2D eigenvalue weighted by molar-refractivity contribution is 7.84. The number of hydrogen-bond acceptors (Lipinski definition) is 4. The topological polar surface area (TPSA) is 85.1 Å². The second-order valence-electron chi connectivity index (χ2n) is 3.79. The molecule has 0 spiro atoms. The van der Waals surface area contributed by atoms with Crippen LogP contribution in [0.2, 0.25) is 0 Å². The molecule has 0 aromatic carbocycles. The van der Waals surface area contributed by atoms with Crippen molar-refractivity contribution in [3.05, 3.63) is 23.9 Å². The zero-order valence-electron chi connectivity index (χ0n) is 9.97. The molecule has 0 bridgehead atoms. The zero-order chi connectivity index (χ0) is 12.8. The molecule has 0 aliphatic carbocycles. The summed E-state index contributed by atoms with van der Waals surface area (Å²) in [6.45, 7) is 2.37. The van der Waals surface area contributed by atoms with Crippen molar-refractivity contribution in [1.82, 2.24) is 10.3 Å². The van der Waals surface area contributed by atoms with E-state index >= 15 is 0 Å². The molecule has 1 aromatic rings. The van der Waals surface area contributed by atoms with Crippen LogP contribution in [0.1, 0.15) is 23.7 Å². The first kappa shape index (κ1) is 13.6. The lowest BCUT2D eigenvalue weighted by Crippen LogP contribution is -2.28. The summed E-state index contributed by atoms with van der Waals surface area (Å²) in [4.78, 5) is 15.5. The lowest BCUT2D eigenvalue weighted by Gasteiger charge is -2.09. The predicted molar refractivity (Wildman–Crippen MR) is 69.1 cm³/mol. The van der Waals surface area contributed by atoms with Crippen LogP contribution >= 0.6 is 0 Å².